The molecule has 0 aliphatic rings. The number of methoxy groups -OCH3 is 1. The lowest BCUT2D eigenvalue weighted by Crippen LogP contribution is -2.19. The third-order valence-electron chi connectivity index (χ3n) is 3.69. The number of nitrogens with zero attached hydrogens (tertiary/aromatic N) is 2. The van der Waals surface area contributed by atoms with E-state index in [4.69, 9.17) is 0 Å². The zero-order valence-corrected chi connectivity index (χ0v) is 15.4. The van der Waals surface area contributed by atoms with Gasteiger partial charge >= 0.3 is 5.97 Å². The van der Waals surface area contributed by atoms with Crippen molar-refractivity contribution < 1.29 is 14.3 Å². The molecule has 136 valence electrons. The third kappa shape index (κ3) is 4.92. The van der Waals surface area contributed by atoms with Gasteiger partial charge in [0.2, 0.25) is 5.91 Å². The number of aromatic nitrogens is 1. The summed E-state index contributed by atoms with van der Waals surface area (Å²) in [6.07, 6.45) is 3.26. The Morgan fingerprint density at radius 2 is 1.93 bits per heavy atom. The van der Waals surface area contributed by atoms with Crippen LogP contribution in [0.15, 0.2) is 70.8 Å². The number of carbonyl (C=O) groups is 2. The van der Waals surface area contributed by atoms with Crippen molar-refractivity contribution in [3.63, 3.8) is 0 Å². The molecule has 0 aliphatic heterocycles. The fourth-order valence-corrected chi connectivity index (χ4v) is 3.20. The number of rotatable bonds is 6. The van der Waals surface area contributed by atoms with Crippen LogP contribution in [-0.4, -0.2) is 35.9 Å². The number of hydrogen-bond donors (Lipinski definition) is 1. The third-order valence-corrected chi connectivity index (χ3v) is 4.74. The molecule has 0 bridgehead atoms. The molecule has 1 heterocycles. The van der Waals surface area contributed by atoms with Gasteiger partial charge in [0.15, 0.2) is 0 Å². The molecule has 0 radical (unpaired) electrons. The second-order valence-corrected chi connectivity index (χ2v) is 6.54. The van der Waals surface area contributed by atoms with E-state index in [1.165, 1.54) is 25.1 Å². The van der Waals surface area contributed by atoms with E-state index >= 15 is 0 Å². The topological polar surface area (TPSA) is 80.6 Å². The second kappa shape index (κ2) is 8.95. The van der Waals surface area contributed by atoms with Crippen LogP contribution in [0.25, 0.3) is 10.9 Å². The Hall–Kier alpha value is -3.19. The number of hydrogen-bond acceptors (Lipinski definition) is 6. The molecule has 0 saturated heterocycles. The summed E-state index contributed by atoms with van der Waals surface area (Å²) in [4.78, 5) is 28.7. The summed E-state index contributed by atoms with van der Waals surface area (Å²) >= 11 is 1.41. The number of amides is 1. The number of carbonyl (C=O) groups excluding carboxylic acids is 2. The fourth-order valence-electron chi connectivity index (χ4n) is 2.37. The fraction of sp³-hybridized carbons (Fsp3) is 0.100. The minimum Gasteiger partial charge on any atom is -0.465 e. The first kappa shape index (κ1) is 18.6. The molecule has 3 aromatic rings. The van der Waals surface area contributed by atoms with Gasteiger partial charge < -0.3 is 4.74 Å². The van der Waals surface area contributed by atoms with Crippen LogP contribution in [0.2, 0.25) is 0 Å². The van der Waals surface area contributed by atoms with Crippen LogP contribution in [0, 0.1) is 0 Å². The van der Waals surface area contributed by atoms with Crippen molar-refractivity contribution in [2.24, 2.45) is 5.10 Å². The van der Waals surface area contributed by atoms with Crippen LogP contribution in [0.3, 0.4) is 0 Å². The van der Waals surface area contributed by atoms with E-state index in [2.05, 4.69) is 20.2 Å². The first-order valence-electron chi connectivity index (χ1n) is 8.14. The predicted molar refractivity (Wildman–Crippen MR) is 106 cm³/mol. The van der Waals surface area contributed by atoms with E-state index in [-0.39, 0.29) is 11.7 Å². The van der Waals surface area contributed by atoms with Crippen LogP contribution in [-0.2, 0) is 9.53 Å². The molecule has 0 spiro atoms. The number of thioether (sulfide) groups is 1. The Labute approximate surface area is 160 Å². The quantitative estimate of drug-likeness (QED) is 0.308. The normalized spacial score (nSPS) is 10.9. The summed E-state index contributed by atoms with van der Waals surface area (Å²) in [6.45, 7) is 0. The average Bonchev–Trinajstić information content (AvgIpc) is 2.72. The van der Waals surface area contributed by atoms with Crippen molar-refractivity contribution >= 4 is 40.8 Å². The lowest BCUT2D eigenvalue weighted by Gasteiger charge is -2.04. The molecule has 1 aromatic heterocycles. The number of benzene rings is 2. The Morgan fingerprint density at radius 1 is 1.15 bits per heavy atom. The van der Waals surface area contributed by atoms with Gasteiger partial charge in [0.05, 0.1) is 30.2 Å². The van der Waals surface area contributed by atoms with Crippen LogP contribution >= 0.6 is 11.8 Å². The number of hydrazone groups is 1. The maximum atomic E-state index is 12.0. The average molecular weight is 379 g/mol. The number of ether oxygens (including phenoxy) is 1. The molecular formula is C20H17N3O3S. The summed E-state index contributed by atoms with van der Waals surface area (Å²) in [5, 5.41) is 4.98. The second-order valence-electron chi connectivity index (χ2n) is 5.53. The van der Waals surface area contributed by atoms with E-state index in [0.717, 1.165) is 21.4 Å². The standard InChI is InChI=1S/C20H17N3O3S/c1-26-20(25)16-9-7-14(8-10-16)12-22-23-18(24)13-27-17-6-2-4-15-5-3-11-21-19(15)17/h2-12H,13H2,1H3,(H,23,24)/b22-12-. The Morgan fingerprint density at radius 3 is 2.70 bits per heavy atom. The first-order chi connectivity index (χ1) is 13.2. The Bertz CT molecular complexity index is 982. The monoisotopic (exact) mass is 379 g/mol. The minimum absolute atomic E-state index is 0.213. The van der Waals surface area contributed by atoms with Gasteiger partial charge in [-0.15, -0.1) is 11.8 Å². The molecule has 1 N–H and O–H groups in total. The number of pyridine rings is 1. The SMILES string of the molecule is COC(=O)c1ccc(/C=N\NC(=O)CSc2cccc3cccnc23)cc1. The maximum Gasteiger partial charge on any atom is 0.337 e. The van der Waals surface area contributed by atoms with Gasteiger partial charge in [-0.1, -0.05) is 30.3 Å². The summed E-state index contributed by atoms with van der Waals surface area (Å²) in [5.41, 5.74) is 4.59. The number of nitrogens with one attached hydrogen (secondary N) is 1. The van der Waals surface area contributed by atoms with Gasteiger partial charge in [-0.3, -0.25) is 9.78 Å². The van der Waals surface area contributed by atoms with Crippen molar-refractivity contribution in [1.29, 1.82) is 0 Å². The van der Waals surface area contributed by atoms with Crippen molar-refractivity contribution in [1.82, 2.24) is 10.4 Å². The van der Waals surface area contributed by atoms with Gasteiger partial charge in [0.25, 0.3) is 0 Å². The molecule has 2 aromatic carbocycles. The van der Waals surface area contributed by atoms with Crippen molar-refractivity contribution in [2.75, 3.05) is 12.9 Å². The highest BCUT2D eigenvalue weighted by Crippen LogP contribution is 2.25. The highest BCUT2D eigenvalue weighted by Gasteiger charge is 2.06. The number of para-hydroxylation sites is 1. The zero-order chi connectivity index (χ0) is 19.1. The first-order valence-corrected chi connectivity index (χ1v) is 9.13. The molecule has 27 heavy (non-hydrogen) atoms. The van der Waals surface area contributed by atoms with Gasteiger partial charge in [0, 0.05) is 16.5 Å². The van der Waals surface area contributed by atoms with Crippen LogP contribution in [0.4, 0.5) is 0 Å². The van der Waals surface area contributed by atoms with Crippen molar-refractivity contribution in [2.45, 2.75) is 4.90 Å². The van der Waals surface area contributed by atoms with E-state index in [1.807, 2.05) is 30.3 Å². The lowest BCUT2D eigenvalue weighted by molar-refractivity contribution is -0.118. The van der Waals surface area contributed by atoms with E-state index in [0.29, 0.717) is 5.56 Å². The molecule has 6 nitrogen and oxygen atoms in total. The van der Waals surface area contributed by atoms with E-state index in [9.17, 15) is 9.59 Å². The highest BCUT2D eigenvalue weighted by molar-refractivity contribution is 8.00. The van der Waals surface area contributed by atoms with Gasteiger partial charge in [-0.2, -0.15) is 5.10 Å². The van der Waals surface area contributed by atoms with Crippen LogP contribution in [0.1, 0.15) is 15.9 Å². The predicted octanol–water partition coefficient (Wildman–Crippen LogP) is 3.26. The summed E-state index contributed by atoms with van der Waals surface area (Å²) < 4.78 is 4.64. The zero-order valence-electron chi connectivity index (χ0n) is 14.6. The van der Waals surface area contributed by atoms with Crippen molar-refractivity contribution in [3.05, 3.63) is 71.9 Å². The summed E-state index contributed by atoms with van der Waals surface area (Å²) in [6, 6.07) is 16.5. The van der Waals surface area contributed by atoms with Crippen LogP contribution in [0.5, 0.6) is 0 Å². The van der Waals surface area contributed by atoms with Crippen LogP contribution < -0.4 is 5.43 Å². The molecule has 7 heteroatoms. The molecule has 3 rings (SSSR count). The molecule has 0 atom stereocenters. The molecule has 0 aliphatic carbocycles. The van der Waals surface area contributed by atoms with Crippen molar-refractivity contribution in [3.8, 4) is 0 Å². The Kier molecular flexibility index (Phi) is 6.17. The molecule has 1 amide bonds. The minimum atomic E-state index is -0.397. The highest BCUT2D eigenvalue weighted by atomic mass is 32.2. The van der Waals surface area contributed by atoms with Gasteiger partial charge in [0.1, 0.15) is 0 Å². The van der Waals surface area contributed by atoms with Gasteiger partial charge in [-0.05, 0) is 29.8 Å². The molecular weight excluding hydrogens is 362 g/mol. The maximum absolute atomic E-state index is 12.0. The smallest absolute Gasteiger partial charge is 0.337 e. The number of esters is 1. The summed E-state index contributed by atoms with van der Waals surface area (Å²) in [5.74, 6) is -0.379. The summed E-state index contributed by atoms with van der Waals surface area (Å²) in [7, 11) is 1.33. The largest absolute Gasteiger partial charge is 0.465 e. The number of fused-ring (bicyclic) bond motifs is 1. The van der Waals surface area contributed by atoms with E-state index < -0.39 is 5.97 Å². The Balaban J connectivity index is 1.53. The van der Waals surface area contributed by atoms with Gasteiger partial charge in [-0.25, -0.2) is 10.2 Å². The molecule has 0 fully saturated rings. The molecule has 0 saturated carbocycles. The van der Waals surface area contributed by atoms with E-state index in [1.54, 1.807) is 30.5 Å². The lowest BCUT2D eigenvalue weighted by atomic mass is 10.1. The molecule has 0 unspecified atom stereocenters.